The van der Waals surface area contributed by atoms with Gasteiger partial charge in [0, 0.05) is 25.4 Å². The van der Waals surface area contributed by atoms with Crippen LogP contribution in [0, 0.1) is 17.5 Å². The number of sulfonamides is 1. The summed E-state index contributed by atoms with van der Waals surface area (Å²) in [7, 11) is -3.98. The average Bonchev–Trinajstić information content (AvgIpc) is 2.79. The zero-order valence-corrected chi connectivity index (χ0v) is 18.8. The fourth-order valence-electron chi connectivity index (χ4n) is 3.31. The van der Waals surface area contributed by atoms with Crippen LogP contribution in [0.4, 0.5) is 18.9 Å². The van der Waals surface area contributed by atoms with Crippen molar-refractivity contribution in [2.75, 3.05) is 18.0 Å². The summed E-state index contributed by atoms with van der Waals surface area (Å²) in [6.45, 7) is 3.43. The van der Waals surface area contributed by atoms with Gasteiger partial charge in [-0.25, -0.2) is 21.6 Å². The summed E-state index contributed by atoms with van der Waals surface area (Å²) in [4.78, 5) is 18.1. The highest BCUT2D eigenvalue weighted by Crippen LogP contribution is 2.26. The highest BCUT2D eigenvalue weighted by atomic mass is 32.2. The van der Waals surface area contributed by atoms with E-state index in [9.17, 15) is 26.4 Å². The van der Waals surface area contributed by atoms with Gasteiger partial charge >= 0.3 is 0 Å². The van der Waals surface area contributed by atoms with Crippen molar-refractivity contribution >= 4 is 21.6 Å². The molecule has 0 bridgehead atoms. The summed E-state index contributed by atoms with van der Waals surface area (Å²) in [6.07, 6.45) is 1.47. The van der Waals surface area contributed by atoms with E-state index >= 15 is 0 Å². The van der Waals surface area contributed by atoms with Crippen molar-refractivity contribution in [3.05, 3.63) is 89.5 Å². The number of rotatable bonds is 8. The standard InChI is InChI=1S/C23H22F3N3O3S/c1-3-28(4-2)33(31,32)18-9-10-20(25)19(14-18)23(30)29(15-17-7-5-6-12-27-17)22-11-8-16(24)13-21(22)26/h5-14H,3-4,15H2,1-2H3. The summed E-state index contributed by atoms with van der Waals surface area (Å²) < 4.78 is 69.7. The summed E-state index contributed by atoms with van der Waals surface area (Å²) in [5.74, 6) is -3.86. The van der Waals surface area contributed by atoms with E-state index in [-0.39, 0.29) is 30.2 Å². The Hall–Kier alpha value is -3.24. The quantitative estimate of drug-likeness (QED) is 0.483. The number of hydrogen-bond acceptors (Lipinski definition) is 4. The zero-order valence-electron chi connectivity index (χ0n) is 18.0. The number of halogens is 3. The lowest BCUT2D eigenvalue weighted by molar-refractivity contribution is 0.0979. The van der Waals surface area contributed by atoms with Crippen molar-refractivity contribution in [3.8, 4) is 0 Å². The first-order valence-electron chi connectivity index (χ1n) is 10.2. The SMILES string of the molecule is CCN(CC)S(=O)(=O)c1ccc(F)c(C(=O)N(Cc2ccccn2)c2ccc(F)cc2F)c1. The van der Waals surface area contributed by atoms with Crippen LogP contribution < -0.4 is 4.90 Å². The minimum Gasteiger partial charge on any atom is -0.299 e. The Kier molecular flexibility index (Phi) is 7.50. The van der Waals surface area contributed by atoms with Crippen LogP contribution in [-0.4, -0.2) is 36.7 Å². The van der Waals surface area contributed by atoms with Crippen molar-refractivity contribution in [2.45, 2.75) is 25.3 Å². The molecule has 0 unspecified atom stereocenters. The number of pyridine rings is 1. The summed E-state index contributed by atoms with van der Waals surface area (Å²) in [5.41, 5.74) is -0.506. The molecule has 0 atom stereocenters. The molecule has 0 spiro atoms. The van der Waals surface area contributed by atoms with Crippen molar-refractivity contribution in [1.29, 1.82) is 0 Å². The van der Waals surface area contributed by atoms with Gasteiger partial charge in [0.1, 0.15) is 17.5 Å². The number of nitrogens with zero attached hydrogens (tertiary/aromatic N) is 3. The van der Waals surface area contributed by atoms with Crippen LogP contribution in [0.15, 0.2) is 65.7 Å². The third kappa shape index (κ3) is 5.23. The number of carbonyl (C=O) groups is 1. The van der Waals surface area contributed by atoms with Crippen molar-refractivity contribution in [1.82, 2.24) is 9.29 Å². The molecule has 1 amide bonds. The monoisotopic (exact) mass is 477 g/mol. The van der Waals surface area contributed by atoms with E-state index in [1.165, 1.54) is 10.5 Å². The molecule has 0 saturated heterocycles. The van der Waals surface area contributed by atoms with Crippen molar-refractivity contribution in [2.24, 2.45) is 0 Å². The molecule has 0 aliphatic rings. The predicted octanol–water partition coefficient (Wildman–Crippen LogP) is 4.38. The van der Waals surface area contributed by atoms with Crippen LogP contribution in [0.1, 0.15) is 29.9 Å². The lowest BCUT2D eigenvalue weighted by Crippen LogP contribution is -2.33. The maximum Gasteiger partial charge on any atom is 0.261 e. The zero-order chi connectivity index (χ0) is 24.2. The fraction of sp³-hybridized carbons (Fsp3) is 0.217. The number of anilines is 1. The van der Waals surface area contributed by atoms with E-state index in [4.69, 9.17) is 0 Å². The summed E-state index contributed by atoms with van der Waals surface area (Å²) in [6, 6.07) is 10.4. The van der Waals surface area contributed by atoms with Crippen LogP contribution in [0.25, 0.3) is 0 Å². The molecule has 0 radical (unpaired) electrons. The molecule has 10 heteroatoms. The van der Waals surface area contributed by atoms with E-state index in [0.717, 1.165) is 35.2 Å². The average molecular weight is 478 g/mol. The van der Waals surface area contributed by atoms with Gasteiger partial charge in [-0.15, -0.1) is 0 Å². The predicted molar refractivity (Wildman–Crippen MR) is 118 cm³/mol. The van der Waals surface area contributed by atoms with E-state index in [1.807, 2.05) is 0 Å². The van der Waals surface area contributed by atoms with E-state index < -0.39 is 38.9 Å². The fourth-order valence-corrected chi connectivity index (χ4v) is 4.79. The molecule has 2 aromatic carbocycles. The molecule has 174 valence electrons. The molecular weight excluding hydrogens is 455 g/mol. The van der Waals surface area contributed by atoms with Gasteiger partial charge in [0.05, 0.1) is 28.4 Å². The molecule has 1 heterocycles. The molecule has 0 aliphatic carbocycles. The van der Waals surface area contributed by atoms with Crippen molar-refractivity contribution < 1.29 is 26.4 Å². The van der Waals surface area contributed by atoms with Gasteiger partial charge in [0.25, 0.3) is 5.91 Å². The second-order valence-electron chi connectivity index (χ2n) is 7.04. The van der Waals surface area contributed by atoms with Gasteiger partial charge in [-0.1, -0.05) is 19.9 Å². The van der Waals surface area contributed by atoms with Crippen LogP contribution in [-0.2, 0) is 16.6 Å². The van der Waals surface area contributed by atoms with E-state index in [1.54, 1.807) is 32.0 Å². The number of hydrogen-bond donors (Lipinski definition) is 0. The Morgan fingerprint density at radius 1 is 0.939 bits per heavy atom. The first-order chi connectivity index (χ1) is 15.7. The second kappa shape index (κ2) is 10.1. The highest BCUT2D eigenvalue weighted by Gasteiger charge is 2.28. The highest BCUT2D eigenvalue weighted by molar-refractivity contribution is 7.89. The maximum absolute atomic E-state index is 14.7. The third-order valence-corrected chi connectivity index (χ3v) is 7.05. The normalized spacial score (nSPS) is 11.6. The van der Waals surface area contributed by atoms with E-state index in [2.05, 4.69) is 4.98 Å². The molecule has 3 rings (SSSR count). The Bertz CT molecular complexity index is 1250. The van der Waals surface area contributed by atoms with Crippen LogP contribution in [0.5, 0.6) is 0 Å². The molecule has 1 aromatic heterocycles. The number of amides is 1. The van der Waals surface area contributed by atoms with Gasteiger partial charge in [-0.2, -0.15) is 4.31 Å². The minimum absolute atomic E-state index is 0.187. The summed E-state index contributed by atoms with van der Waals surface area (Å²) >= 11 is 0. The molecule has 0 fully saturated rings. The van der Waals surface area contributed by atoms with Crippen LogP contribution in [0.3, 0.4) is 0 Å². The smallest absolute Gasteiger partial charge is 0.261 e. The maximum atomic E-state index is 14.7. The second-order valence-corrected chi connectivity index (χ2v) is 8.98. The first kappa shape index (κ1) is 24.4. The lowest BCUT2D eigenvalue weighted by atomic mass is 10.1. The van der Waals surface area contributed by atoms with Gasteiger partial charge in [-0.05, 0) is 42.5 Å². The molecule has 6 nitrogen and oxygen atoms in total. The van der Waals surface area contributed by atoms with Gasteiger partial charge in [-0.3, -0.25) is 14.7 Å². The van der Waals surface area contributed by atoms with E-state index in [0.29, 0.717) is 11.8 Å². The molecular formula is C23H22F3N3O3S. The number of carbonyl (C=O) groups excluding carboxylic acids is 1. The van der Waals surface area contributed by atoms with Crippen LogP contribution in [0.2, 0.25) is 0 Å². The lowest BCUT2D eigenvalue weighted by Gasteiger charge is -2.24. The number of aromatic nitrogens is 1. The first-order valence-corrected chi connectivity index (χ1v) is 11.6. The molecule has 3 aromatic rings. The largest absolute Gasteiger partial charge is 0.299 e. The number of benzene rings is 2. The Balaban J connectivity index is 2.11. The Labute approximate surface area is 190 Å². The Morgan fingerprint density at radius 3 is 2.27 bits per heavy atom. The molecule has 0 N–H and O–H groups in total. The van der Waals surface area contributed by atoms with Gasteiger partial charge in [0.15, 0.2) is 0 Å². The van der Waals surface area contributed by atoms with Crippen LogP contribution >= 0.6 is 0 Å². The van der Waals surface area contributed by atoms with Gasteiger partial charge < -0.3 is 0 Å². The molecule has 0 saturated carbocycles. The van der Waals surface area contributed by atoms with Gasteiger partial charge in [0.2, 0.25) is 10.0 Å². The summed E-state index contributed by atoms with van der Waals surface area (Å²) in [5, 5.41) is 0. The molecule has 0 aliphatic heterocycles. The van der Waals surface area contributed by atoms with Crippen molar-refractivity contribution in [3.63, 3.8) is 0 Å². The molecule has 33 heavy (non-hydrogen) atoms. The Morgan fingerprint density at radius 2 is 1.67 bits per heavy atom. The topological polar surface area (TPSA) is 70.6 Å². The third-order valence-electron chi connectivity index (χ3n) is 5.00. The minimum atomic E-state index is -3.98.